The summed E-state index contributed by atoms with van der Waals surface area (Å²) < 4.78 is 10.3. The molecule has 0 aliphatic carbocycles. The Bertz CT molecular complexity index is 1270. The van der Waals surface area contributed by atoms with Crippen LogP contribution in [0.5, 0.6) is 5.75 Å². The number of nitrogens with zero attached hydrogens (tertiary/aromatic N) is 4. The molecule has 0 atom stereocenters. The van der Waals surface area contributed by atoms with Gasteiger partial charge in [-0.15, -0.1) is 21.5 Å². The second-order valence-corrected chi connectivity index (χ2v) is 10.5. The molecule has 0 aliphatic heterocycles. The van der Waals surface area contributed by atoms with Crippen LogP contribution in [0.1, 0.15) is 11.4 Å². The van der Waals surface area contributed by atoms with Crippen LogP contribution in [0.2, 0.25) is 0 Å². The third-order valence-electron chi connectivity index (χ3n) is 4.90. The molecule has 0 unspecified atom stereocenters. The highest BCUT2D eigenvalue weighted by Crippen LogP contribution is 2.32. The summed E-state index contributed by atoms with van der Waals surface area (Å²) in [4.78, 5) is 4.74. The molecule has 3 aromatic carbocycles. The van der Waals surface area contributed by atoms with Crippen molar-refractivity contribution in [2.45, 2.75) is 21.8 Å². The predicted molar refractivity (Wildman–Crippen MR) is 137 cm³/mol. The van der Waals surface area contributed by atoms with Crippen molar-refractivity contribution in [1.29, 1.82) is 0 Å². The second kappa shape index (κ2) is 10.9. The molecule has 0 saturated carbocycles. The van der Waals surface area contributed by atoms with Crippen molar-refractivity contribution in [3.8, 4) is 5.75 Å². The maximum Gasteiger partial charge on any atom is 0.191 e. The zero-order valence-corrected chi connectivity index (χ0v) is 20.3. The molecular formula is C25H22N4OS3. The van der Waals surface area contributed by atoms with Crippen molar-refractivity contribution >= 4 is 45.1 Å². The minimum Gasteiger partial charge on any atom is -0.493 e. The molecule has 0 bridgehead atoms. The molecule has 166 valence electrons. The third kappa shape index (κ3) is 5.76. The van der Waals surface area contributed by atoms with Gasteiger partial charge in [-0.1, -0.05) is 84.2 Å². The van der Waals surface area contributed by atoms with Crippen LogP contribution >= 0.6 is 34.9 Å². The van der Waals surface area contributed by atoms with Crippen molar-refractivity contribution in [2.24, 2.45) is 0 Å². The Morgan fingerprint density at radius 2 is 1.58 bits per heavy atom. The van der Waals surface area contributed by atoms with Gasteiger partial charge >= 0.3 is 0 Å². The zero-order valence-electron chi connectivity index (χ0n) is 17.8. The standard InChI is InChI=1S/C25H22N4OS3/c1-3-9-19(10-4-1)17-29-23(18-32-25-26-21-13-7-8-14-22(21)33-25)27-28-24(29)31-16-15-30-20-11-5-2-6-12-20/h1-14H,15-18H2. The van der Waals surface area contributed by atoms with Gasteiger partial charge in [0, 0.05) is 5.75 Å². The number of aromatic nitrogens is 4. The molecule has 0 radical (unpaired) electrons. The van der Waals surface area contributed by atoms with E-state index in [-0.39, 0.29) is 0 Å². The van der Waals surface area contributed by atoms with E-state index in [1.54, 1.807) is 34.9 Å². The summed E-state index contributed by atoms with van der Waals surface area (Å²) in [7, 11) is 0. The number of rotatable bonds is 10. The number of thioether (sulfide) groups is 2. The Morgan fingerprint density at radius 3 is 2.39 bits per heavy atom. The van der Waals surface area contributed by atoms with Crippen LogP contribution in [0.25, 0.3) is 10.2 Å². The fraction of sp³-hybridized carbons (Fsp3) is 0.160. The number of para-hydroxylation sites is 2. The summed E-state index contributed by atoms with van der Waals surface area (Å²) in [5, 5.41) is 9.94. The van der Waals surface area contributed by atoms with Gasteiger partial charge in [0.05, 0.1) is 29.1 Å². The molecule has 0 fully saturated rings. The summed E-state index contributed by atoms with van der Waals surface area (Å²) in [5.74, 6) is 3.36. The van der Waals surface area contributed by atoms with Gasteiger partial charge in [0.15, 0.2) is 9.50 Å². The van der Waals surface area contributed by atoms with E-state index < -0.39 is 0 Å². The molecule has 0 N–H and O–H groups in total. The lowest BCUT2D eigenvalue weighted by Crippen LogP contribution is -2.07. The first-order chi connectivity index (χ1) is 16.3. The van der Waals surface area contributed by atoms with Gasteiger partial charge < -0.3 is 9.30 Å². The Labute approximate surface area is 205 Å². The van der Waals surface area contributed by atoms with Gasteiger partial charge in [-0.25, -0.2) is 4.98 Å². The molecule has 33 heavy (non-hydrogen) atoms. The summed E-state index contributed by atoms with van der Waals surface area (Å²) >= 11 is 5.11. The first-order valence-corrected chi connectivity index (χ1v) is 13.4. The van der Waals surface area contributed by atoms with E-state index >= 15 is 0 Å². The Morgan fingerprint density at radius 1 is 0.818 bits per heavy atom. The van der Waals surface area contributed by atoms with Crippen LogP contribution in [0.4, 0.5) is 0 Å². The summed E-state index contributed by atoms with van der Waals surface area (Å²) in [6.45, 7) is 1.36. The van der Waals surface area contributed by atoms with E-state index in [1.807, 2.05) is 42.5 Å². The Kier molecular flexibility index (Phi) is 7.25. The van der Waals surface area contributed by atoms with E-state index in [9.17, 15) is 0 Å². The van der Waals surface area contributed by atoms with Crippen molar-refractivity contribution in [3.05, 3.63) is 96.3 Å². The van der Waals surface area contributed by atoms with Crippen molar-refractivity contribution < 1.29 is 4.74 Å². The van der Waals surface area contributed by atoms with Crippen molar-refractivity contribution in [1.82, 2.24) is 19.7 Å². The topological polar surface area (TPSA) is 52.8 Å². The average molecular weight is 491 g/mol. The van der Waals surface area contributed by atoms with Crippen LogP contribution in [-0.4, -0.2) is 32.1 Å². The van der Waals surface area contributed by atoms with Crippen LogP contribution < -0.4 is 4.74 Å². The van der Waals surface area contributed by atoms with Crippen LogP contribution in [-0.2, 0) is 12.3 Å². The minimum atomic E-state index is 0.614. The maximum absolute atomic E-state index is 5.84. The fourth-order valence-corrected chi connectivity index (χ4v) is 6.09. The van der Waals surface area contributed by atoms with Crippen molar-refractivity contribution in [2.75, 3.05) is 12.4 Å². The summed E-state index contributed by atoms with van der Waals surface area (Å²) in [6.07, 6.45) is 0. The van der Waals surface area contributed by atoms with E-state index in [1.165, 1.54) is 10.3 Å². The molecule has 5 rings (SSSR count). The number of thiazole rings is 1. The molecule has 2 heterocycles. The monoisotopic (exact) mass is 490 g/mol. The van der Waals surface area contributed by atoms with Crippen LogP contribution in [0.3, 0.4) is 0 Å². The number of ether oxygens (including phenoxy) is 1. The molecule has 0 amide bonds. The number of hydrogen-bond donors (Lipinski definition) is 0. The lowest BCUT2D eigenvalue weighted by atomic mass is 10.2. The first kappa shape index (κ1) is 22.0. The molecule has 5 nitrogen and oxygen atoms in total. The van der Waals surface area contributed by atoms with Gasteiger partial charge in [0.25, 0.3) is 0 Å². The number of hydrogen-bond acceptors (Lipinski definition) is 7. The normalized spacial score (nSPS) is 11.2. The molecule has 0 saturated heterocycles. The second-order valence-electron chi connectivity index (χ2n) is 7.22. The first-order valence-electron chi connectivity index (χ1n) is 10.6. The Balaban J connectivity index is 1.28. The van der Waals surface area contributed by atoms with Gasteiger partial charge in [-0.2, -0.15) is 0 Å². The number of fused-ring (bicyclic) bond motifs is 1. The summed E-state index contributed by atoms with van der Waals surface area (Å²) in [6, 6.07) is 28.6. The SMILES string of the molecule is c1ccc(Cn2c(CSc3nc4ccccc4s3)nnc2SCCOc2ccccc2)cc1. The van der Waals surface area contributed by atoms with Crippen molar-refractivity contribution in [3.63, 3.8) is 0 Å². The lowest BCUT2D eigenvalue weighted by Gasteiger charge is -2.10. The quantitative estimate of drug-likeness (QED) is 0.167. The fourth-order valence-electron chi connectivity index (χ4n) is 3.31. The molecule has 0 spiro atoms. The van der Waals surface area contributed by atoms with Crippen LogP contribution in [0, 0.1) is 0 Å². The highest BCUT2D eigenvalue weighted by Gasteiger charge is 2.15. The van der Waals surface area contributed by atoms with Gasteiger partial charge in [0.2, 0.25) is 0 Å². The van der Waals surface area contributed by atoms with Gasteiger partial charge in [-0.3, -0.25) is 0 Å². The highest BCUT2D eigenvalue weighted by atomic mass is 32.2. The molecular weight excluding hydrogens is 469 g/mol. The largest absolute Gasteiger partial charge is 0.493 e. The Hall–Kier alpha value is -2.81. The van der Waals surface area contributed by atoms with E-state index in [0.717, 1.165) is 44.6 Å². The lowest BCUT2D eigenvalue weighted by molar-refractivity contribution is 0.344. The van der Waals surface area contributed by atoms with E-state index in [2.05, 4.69) is 57.2 Å². The maximum atomic E-state index is 5.84. The average Bonchev–Trinajstić information content (AvgIpc) is 3.45. The highest BCUT2D eigenvalue weighted by molar-refractivity contribution is 8.00. The van der Waals surface area contributed by atoms with E-state index in [4.69, 9.17) is 9.72 Å². The molecule has 2 aromatic heterocycles. The third-order valence-corrected chi connectivity index (χ3v) is 8.01. The van der Waals surface area contributed by atoms with Crippen LogP contribution in [0.15, 0.2) is 94.4 Å². The van der Waals surface area contributed by atoms with Gasteiger partial charge in [-0.05, 0) is 29.8 Å². The predicted octanol–water partition coefficient (Wildman–Crippen LogP) is 6.40. The zero-order chi connectivity index (χ0) is 22.3. The molecule has 0 aliphatic rings. The minimum absolute atomic E-state index is 0.614. The number of benzene rings is 3. The smallest absolute Gasteiger partial charge is 0.191 e. The molecule has 8 heteroatoms. The molecule has 5 aromatic rings. The van der Waals surface area contributed by atoms with Gasteiger partial charge in [0.1, 0.15) is 11.6 Å². The summed E-state index contributed by atoms with van der Waals surface area (Å²) in [5.41, 5.74) is 2.27. The van der Waals surface area contributed by atoms with E-state index in [0.29, 0.717) is 6.61 Å².